The molecule has 0 spiro atoms. The topological polar surface area (TPSA) is 38.8 Å². The first kappa shape index (κ1) is 13.5. The molecule has 0 aliphatic carbocycles. The van der Waals surface area contributed by atoms with Crippen LogP contribution >= 0.6 is 0 Å². The van der Waals surface area contributed by atoms with Crippen LogP contribution < -0.4 is 9.47 Å². The Morgan fingerprint density at radius 2 is 2.11 bits per heavy atom. The summed E-state index contributed by atoms with van der Waals surface area (Å²) in [7, 11) is 3.24. The minimum absolute atomic E-state index is 0.146. The fraction of sp³-hybridized carbons (Fsp3) is 0.400. The normalized spacial score (nSPS) is 18.6. The molecule has 0 unspecified atom stereocenters. The third kappa shape index (κ3) is 3.08. The fourth-order valence-electron chi connectivity index (χ4n) is 2.10. The van der Waals surface area contributed by atoms with Gasteiger partial charge < -0.3 is 14.4 Å². The molecular formula is C15H19NO3. The van der Waals surface area contributed by atoms with Gasteiger partial charge in [-0.25, -0.2) is 0 Å². The van der Waals surface area contributed by atoms with Crippen LogP contribution in [0.4, 0.5) is 0 Å². The van der Waals surface area contributed by atoms with Crippen molar-refractivity contribution in [2.24, 2.45) is 5.92 Å². The van der Waals surface area contributed by atoms with E-state index in [2.05, 4.69) is 6.08 Å². The fourth-order valence-corrected chi connectivity index (χ4v) is 2.10. The van der Waals surface area contributed by atoms with Gasteiger partial charge in [-0.1, -0.05) is 13.0 Å². The number of nitrogens with zero attached hydrogens (tertiary/aromatic N) is 1. The molecule has 1 aromatic rings. The lowest BCUT2D eigenvalue weighted by Crippen LogP contribution is -2.29. The maximum absolute atomic E-state index is 11.9. The second-order valence-corrected chi connectivity index (χ2v) is 4.72. The maximum atomic E-state index is 11.9. The molecule has 0 saturated heterocycles. The molecule has 0 saturated carbocycles. The van der Waals surface area contributed by atoms with Gasteiger partial charge >= 0.3 is 0 Å². The van der Waals surface area contributed by atoms with E-state index in [1.54, 1.807) is 19.1 Å². The zero-order chi connectivity index (χ0) is 13.8. The lowest BCUT2D eigenvalue weighted by molar-refractivity contribution is -0.130. The molecule has 102 valence electrons. The largest absolute Gasteiger partial charge is 0.497 e. The number of ether oxygens (including phenoxy) is 2. The van der Waals surface area contributed by atoms with Crippen LogP contribution in [0.2, 0.25) is 0 Å². The van der Waals surface area contributed by atoms with Gasteiger partial charge in [0.2, 0.25) is 5.91 Å². The van der Waals surface area contributed by atoms with Crippen LogP contribution in [0.5, 0.6) is 11.5 Å². The van der Waals surface area contributed by atoms with E-state index in [0.29, 0.717) is 18.9 Å². The van der Waals surface area contributed by atoms with Crippen molar-refractivity contribution in [3.63, 3.8) is 0 Å². The molecule has 2 rings (SSSR count). The van der Waals surface area contributed by atoms with Crippen LogP contribution in [-0.4, -0.2) is 25.0 Å². The van der Waals surface area contributed by atoms with Gasteiger partial charge in [-0.15, -0.1) is 0 Å². The van der Waals surface area contributed by atoms with E-state index < -0.39 is 0 Å². The van der Waals surface area contributed by atoms with Crippen molar-refractivity contribution in [3.05, 3.63) is 36.0 Å². The lowest BCUT2D eigenvalue weighted by atomic mass is 10.0. The molecule has 0 radical (unpaired) electrons. The number of hydrogen-bond acceptors (Lipinski definition) is 3. The summed E-state index contributed by atoms with van der Waals surface area (Å²) in [5, 5.41) is 0. The number of benzene rings is 1. The summed E-state index contributed by atoms with van der Waals surface area (Å²) in [4.78, 5) is 13.7. The number of amides is 1. The van der Waals surface area contributed by atoms with Crippen molar-refractivity contribution < 1.29 is 14.3 Å². The Kier molecular flexibility index (Phi) is 4.10. The lowest BCUT2D eigenvalue weighted by Gasteiger charge is -2.25. The van der Waals surface area contributed by atoms with Gasteiger partial charge in [0.1, 0.15) is 11.5 Å². The molecule has 1 aliphatic rings. The van der Waals surface area contributed by atoms with Crippen LogP contribution in [0.3, 0.4) is 0 Å². The second kappa shape index (κ2) is 5.78. The minimum atomic E-state index is 0.146. The predicted octanol–water partition coefficient (Wildman–Crippen LogP) is 2.59. The Hall–Kier alpha value is -1.97. The second-order valence-electron chi connectivity index (χ2n) is 4.72. The van der Waals surface area contributed by atoms with Crippen LogP contribution in [0.25, 0.3) is 0 Å². The van der Waals surface area contributed by atoms with E-state index >= 15 is 0 Å². The van der Waals surface area contributed by atoms with Gasteiger partial charge in [-0.2, -0.15) is 0 Å². The molecule has 1 amide bonds. The molecule has 0 fully saturated rings. The summed E-state index contributed by atoms with van der Waals surface area (Å²) in [6.07, 6.45) is 4.48. The van der Waals surface area contributed by atoms with Gasteiger partial charge in [0, 0.05) is 24.3 Å². The molecule has 1 aromatic carbocycles. The Morgan fingerprint density at radius 1 is 1.32 bits per heavy atom. The third-order valence-electron chi connectivity index (χ3n) is 3.25. The molecule has 0 N–H and O–H groups in total. The van der Waals surface area contributed by atoms with Gasteiger partial charge in [0.15, 0.2) is 0 Å². The van der Waals surface area contributed by atoms with Crippen molar-refractivity contribution in [3.8, 4) is 11.5 Å². The number of hydrogen-bond donors (Lipinski definition) is 0. The molecular weight excluding hydrogens is 242 g/mol. The van der Waals surface area contributed by atoms with Crippen LogP contribution in [0.15, 0.2) is 30.5 Å². The zero-order valence-corrected chi connectivity index (χ0v) is 11.6. The van der Waals surface area contributed by atoms with E-state index in [1.807, 2.05) is 31.3 Å². The van der Waals surface area contributed by atoms with Crippen molar-refractivity contribution in [1.82, 2.24) is 4.90 Å². The summed E-state index contributed by atoms with van der Waals surface area (Å²) in [6, 6.07) is 5.63. The van der Waals surface area contributed by atoms with E-state index in [9.17, 15) is 4.79 Å². The predicted molar refractivity (Wildman–Crippen MR) is 73.0 cm³/mol. The van der Waals surface area contributed by atoms with Gasteiger partial charge in [0.25, 0.3) is 0 Å². The van der Waals surface area contributed by atoms with Crippen molar-refractivity contribution in [2.75, 3.05) is 14.2 Å². The highest BCUT2D eigenvalue weighted by atomic mass is 16.5. The average Bonchev–Trinajstić information content (AvgIpc) is 2.42. The number of carbonyl (C=O) groups is 1. The van der Waals surface area contributed by atoms with Crippen LogP contribution in [0, 0.1) is 5.92 Å². The first-order valence-electron chi connectivity index (χ1n) is 6.32. The number of carbonyl (C=O) groups excluding carboxylic acids is 1. The van der Waals surface area contributed by atoms with Crippen molar-refractivity contribution in [2.45, 2.75) is 19.9 Å². The first-order chi connectivity index (χ1) is 9.13. The molecule has 4 heteroatoms. The standard InChI is InChI=1S/C15H19NO3/c1-11-6-7-16(15(17)8-11)10-12-4-5-13(18-2)9-14(12)19-3/h4-7,9,11H,8,10H2,1-3H3/t11-/m1/s1. The van der Waals surface area contributed by atoms with Crippen molar-refractivity contribution in [1.29, 1.82) is 0 Å². The van der Waals surface area contributed by atoms with E-state index in [1.165, 1.54) is 0 Å². The third-order valence-corrected chi connectivity index (χ3v) is 3.25. The van der Waals surface area contributed by atoms with Gasteiger partial charge in [-0.05, 0) is 18.1 Å². The zero-order valence-electron chi connectivity index (χ0n) is 11.6. The summed E-state index contributed by atoms with van der Waals surface area (Å²) in [5.74, 6) is 1.95. The van der Waals surface area contributed by atoms with Gasteiger partial charge in [0.05, 0.1) is 20.8 Å². The highest BCUT2D eigenvalue weighted by Crippen LogP contribution is 2.27. The Labute approximate surface area is 113 Å². The Balaban J connectivity index is 2.19. The highest BCUT2D eigenvalue weighted by molar-refractivity contribution is 5.78. The maximum Gasteiger partial charge on any atom is 0.227 e. The molecule has 4 nitrogen and oxygen atoms in total. The molecule has 1 atom stereocenters. The van der Waals surface area contributed by atoms with Crippen molar-refractivity contribution >= 4 is 5.91 Å². The van der Waals surface area contributed by atoms with Gasteiger partial charge in [-0.3, -0.25) is 4.79 Å². The first-order valence-corrected chi connectivity index (χ1v) is 6.32. The Bertz CT molecular complexity index is 496. The number of methoxy groups -OCH3 is 2. The molecule has 0 aromatic heterocycles. The monoisotopic (exact) mass is 261 g/mol. The smallest absolute Gasteiger partial charge is 0.227 e. The highest BCUT2D eigenvalue weighted by Gasteiger charge is 2.19. The van der Waals surface area contributed by atoms with E-state index in [-0.39, 0.29) is 5.91 Å². The summed E-state index contributed by atoms with van der Waals surface area (Å²) in [6.45, 7) is 2.56. The summed E-state index contributed by atoms with van der Waals surface area (Å²) < 4.78 is 10.5. The molecule has 19 heavy (non-hydrogen) atoms. The van der Waals surface area contributed by atoms with E-state index in [0.717, 1.165) is 17.1 Å². The molecule has 1 aliphatic heterocycles. The quantitative estimate of drug-likeness (QED) is 0.836. The number of allylic oxidation sites excluding steroid dienone is 1. The average molecular weight is 261 g/mol. The SMILES string of the molecule is COc1ccc(CN2C=C[C@@H](C)CC2=O)c(OC)c1. The summed E-state index contributed by atoms with van der Waals surface area (Å²) >= 11 is 0. The molecule has 0 bridgehead atoms. The molecule has 1 heterocycles. The summed E-state index contributed by atoms with van der Waals surface area (Å²) in [5.41, 5.74) is 0.968. The minimum Gasteiger partial charge on any atom is -0.497 e. The Morgan fingerprint density at radius 3 is 2.74 bits per heavy atom. The number of rotatable bonds is 4. The van der Waals surface area contributed by atoms with Crippen LogP contribution in [0.1, 0.15) is 18.9 Å². The van der Waals surface area contributed by atoms with E-state index in [4.69, 9.17) is 9.47 Å². The van der Waals surface area contributed by atoms with Crippen LogP contribution in [-0.2, 0) is 11.3 Å².